The van der Waals surface area contributed by atoms with E-state index in [4.69, 9.17) is 4.74 Å². The van der Waals surface area contributed by atoms with Crippen molar-refractivity contribution < 1.29 is 4.74 Å². The number of aromatic nitrogens is 5. The summed E-state index contributed by atoms with van der Waals surface area (Å²) in [4.78, 5) is 12.2. The molecule has 1 aliphatic carbocycles. The van der Waals surface area contributed by atoms with Crippen molar-refractivity contribution in [3.05, 3.63) is 66.7 Å². The lowest BCUT2D eigenvalue weighted by atomic mass is 9.78. The Kier molecular flexibility index (Phi) is 5.70. The maximum atomic E-state index is 9.63. The molecular formula is C25H26N6O. The van der Waals surface area contributed by atoms with E-state index in [0.717, 1.165) is 47.8 Å². The summed E-state index contributed by atoms with van der Waals surface area (Å²) in [7, 11) is 0. The van der Waals surface area contributed by atoms with E-state index in [1.807, 2.05) is 47.5 Å². The van der Waals surface area contributed by atoms with E-state index in [2.05, 4.69) is 38.3 Å². The highest BCUT2D eigenvalue weighted by Gasteiger charge is 2.43. The van der Waals surface area contributed by atoms with Crippen molar-refractivity contribution in [1.82, 2.24) is 24.7 Å². The van der Waals surface area contributed by atoms with Crippen LogP contribution in [0.1, 0.15) is 43.7 Å². The van der Waals surface area contributed by atoms with Crippen molar-refractivity contribution in [3.63, 3.8) is 0 Å². The molecule has 1 fully saturated rings. The molecule has 1 N–H and O–H groups in total. The number of hydrogen-bond donors (Lipinski definition) is 1. The van der Waals surface area contributed by atoms with Gasteiger partial charge in [-0.3, -0.25) is 4.68 Å². The van der Waals surface area contributed by atoms with Crippen molar-refractivity contribution in [2.75, 3.05) is 6.61 Å². The molecule has 162 valence electrons. The van der Waals surface area contributed by atoms with Crippen LogP contribution in [0.5, 0.6) is 0 Å². The van der Waals surface area contributed by atoms with Crippen LogP contribution < -0.4 is 0 Å². The third kappa shape index (κ3) is 4.02. The Labute approximate surface area is 187 Å². The molecular weight excluding hydrogens is 400 g/mol. The molecule has 1 unspecified atom stereocenters. The van der Waals surface area contributed by atoms with Crippen LogP contribution in [0.3, 0.4) is 0 Å². The van der Waals surface area contributed by atoms with Gasteiger partial charge in [0, 0.05) is 29.4 Å². The molecule has 7 nitrogen and oxygen atoms in total. The highest BCUT2D eigenvalue weighted by molar-refractivity contribution is 5.76. The van der Waals surface area contributed by atoms with Crippen LogP contribution in [0, 0.1) is 16.7 Å². The van der Waals surface area contributed by atoms with E-state index in [1.165, 1.54) is 0 Å². The summed E-state index contributed by atoms with van der Waals surface area (Å²) in [5.74, 6) is 0.628. The largest absolute Gasteiger partial charge is 0.376 e. The molecule has 7 heteroatoms. The van der Waals surface area contributed by atoms with Gasteiger partial charge in [0.2, 0.25) is 0 Å². The van der Waals surface area contributed by atoms with Crippen molar-refractivity contribution >= 4 is 11.0 Å². The minimum atomic E-state index is -0.0991. The zero-order valence-corrected chi connectivity index (χ0v) is 17.9. The van der Waals surface area contributed by atoms with Gasteiger partial charge in [0.25, 0.3) is 0 Å². The monoisotopic (exact) mass is 426 g/mol. The van der Waals surface area contributed by atoms with E-state index in [0.29, 0.717) is 25.5 Å². The Morgan fingerprint density at radius 3 is 2.81 bits per heavy atom. The topological polar surface area (TPSA) is 92.4 Å². The average molecular weight is 427 g/mol. The summed E-state index contributed by atoms with van der Waals surface area (Å²) in [6.45, 7) is 1.20. The molecule has 0 bridgehead atoms. The Morgan fingerprint density at radius 2 is 2.00 bits per heavy atom. The van der Waals surface area contributed by atoms with Crippen LogP contribution in [-0.4, -0.2) is 31.3 Å². The van der Waals surface area contributed by atoms with Crippen molar-refractivity contribution in [2.45, 2.75) is 44.8 Å². The second-order valence-corrected chi connectivity index (χ2v) is 8.61. The lowest BCUT2D eigenvalue weighted by Crippen LogP contribution is -2.35. The van der Waals surface area contributed by atoms with Gasteiger partial charge in [0.05, 0.1) is 43.5 Å². The standard InChI is InChI=1S/C25H26N6O/c26-12-8-22(25(10-4-5-11-25)18-32-17-19-6-2-1-3-7-19)31-16-21(15-29-31)24-28-14-20-9-13-27-23(20)30-24/h1-3,6-7,9,13-16,22H,4-5,8,10-11,17-18H2,(H,27,28,30). The van der Waals surface area contributed by atoms with Gasteiger partial charge < -0.3 is 9.72 Å². The predicted molar refractivity (Wildman–Crippen MR) is 121 cm³/mol. The van der Waals surface area contributed by atoms with Gasteiger partial charge in [-0.2, -0.15) is 10.4 Å². The molecule has 0 saturated heterocycles. The van der Waals surface area contributed by atoms with Crippen LogP contribution in [0.4, 0.5) is 0 Å². The summed E-state index contributed by atoms with van der Waals surface area (Å²) in [5.41, 5.74) is 2.72. The number of aromatic amines is 1. The van der Waals surface area contributed by atoms with E-state index in [-0.39, 0.29) is 11.5 Å². The van der Waals surface area contributed by atoms with Gasteiger partial charge in [-0.25, -0.2) is 9.97 Å². The second-order valence-electron chi connectivity index (χ2n) is 8.61. The van der Waals surface area contributed by atoms with E-state index >= 15 is 0 Å². The first-order chi connectivity index (χ1) is 15.8. The highest BCUT2D eigenvalue weighted by atomic mass is 16.5. The molecule has 0 spiro atoms. The number of nitriles is 1. The van der Waals surface area contributed by atoms with Gasteiger partial charge in [0.15, 0.2) is 5.82 Å². The first-order valence-electron chi connectivity index (χ1n) is 11.1. The van der Waals surface area contributed by atoms with Crippen LogP contribution in [0.15, 0.2) is 61.2 Å². The molecule has 32 heavy (non-hydrogen) atoms. The Bertz CT molecular complexity index is 1220. The first-order valence-corrected chi connectivity index (χ1v) is 11.1. The number of hydrogen-bond acceptors (Lipinski definition) is 5. The summed E-state index contributed by atoms with van der Waals surface area (Å²) in [5, 5.41) is 15.3. The molecule has 3 aromatic heterocycles. The molecule has 1 aromatic carbocycles. The summed E-state index contributed by atoms with van der Waals surface area (Å²) < 4.78 is 8.15. The zero-order chi connectivity index (χ0) is 21.8. The number of nitrogens with one attached hydrogen (secondary N) is 1. The lowest BCUT2D eigenvalue weighted by molar-refractivity contribution is 0.00242. The Morgan fingerprint density at radius 1 is 1.16 bits per heavy atom. The quantitative estimate of drug-likeness (QED) is 0.425. The average Bonchev–Trinajstić information content (AvgIpc) is 3.59. The minimum Gasteiger partial charge on any atom is -0.376 e. The maximum absolute atomic E-state index is 9.63. The fraction of sp³-hybridized carbons (Fsp3) is 0.360. The van der Waals surface area contributed by atoms with Gasteiger partial charge in [-0.05, 0) is 24.5 Å². The van der Waals surface area contributed by atoms with Crippen LogP contribution in [-0.2, 0) is 11.3 Å². The second kappa shape index (κ2) is 8.93. The number of fused-ring (bicyclic) bond motifs is 1. The molecule has 5 rings (SSSR count). The highest BCUT2D eigenvalue weighted by Crippen LogP contribution is 2.48. The third-order valence-corrected chi connectivity index (χ3v) is 6.57. The smallest absolute Gasteiger partial charge is 0.164 e. The third-order valence-electron chi connectivity index (χ3n) is 6.57. The van der Waals surface area contributed by atoms with Crippen LogP contribution in [0.25, 0.3) is 22.4 Å². The molecule has 0 amide bonds. The number of H-pyrrole nitrogens is 1. The molecule has 1 aliphatic rings. The summed E-state index contributed by atoms with van der Waals surface area (Å²) >= 11 is 0. The fourth-order valence-corrected chi connectivity index (χ4v) is 4.88. The summed E-state index contributed by atoms with van der Waals surface area (Å²) in [6.07, 6.45) is 12.2. The van der Waals surface area contributed by atoms with E-state index in [9.17, 15) is 5.26 Å². The van der Waals surface area contributed by atoms with Crippen molar-refractivity contribution in [1.29, 1.82) is 5.26 Å². The molecule has 0 radical (unpaired) electrons. The van der Waals surface area contributed by atoms with Crippen LogP contribution >= 0.6 is 0 Å². The number of ether oxygens (including phenoxy) is 1. The molecule has 1 atom stereocenters. The fourth-order valence-electron chi connectivity index (χ4n) is 4.88. The molecule has 3 heterocycles. The number of benzene rings is 1. The van der Waals surface area contributed by atoms with Crippen molar-refractivity contribution in [2.24, 2.45) is 5.41 Å². The maximum Gasteiger partial charge on any atom is 0.164 e. The van der Waals surface area contributed by atoms with Gasteiger partial charge in [-0.15, -0.1) is 0 Å². The minimum absolute atomic E-state index is 0.0475. The van der Waals surface area contributed by atoms with E-state index in [1.54, 1.807) is 6.20 Å². The van der Waals surface area contributed by atoms with Crippen LogP contribution in [0.2, 0.25) is 0 Å². The zero-order valence-electron chi connectivity index (χ0n) is 17.9. The SMILES string of the molecule is N#CCC(n1cc(-c2ncc3cc[nH]c3n2)cn1)C1(COCc2ccccc2)CCCC1. The lowest BCUT2D eigenvalue weighted by Gasteiger charge is -2.36. The van der Waals surface area contributed by atoms with Gasteiger partial charge in [0.1, 0.15) is 5.65 Å². The van der Waals surface area contributed by atoms with E-state index < -0.39 is 0 Å². The molecule has 1 saturated carbocycles. The van der Waals surface area contributed by atoms with Gasteiger partial charge in [-0.1, -0.05) is 43.2 Å². The summed E-state index contributed by atoms with van der Waals surface area (Å²) in [6, 6.07) is 14.5. The normalized spacial score (nSPS) is 16.2. The molecule has 4 aromatic rings. The Balaban J connectivity index is 1.39. The first kappa shape index (κ1) is 20.4. The van der Waals surface area contributed by atoms with Gasteiger partial charge >= 0.3 is 0 Å². The number of rotatable bonds is 8. The molecule has 0 aliphatic heterocycles. The van der Waals surface area contributed by atoms with Crippen molar-refractivity contribution in [3.8, 4) is 17.5 Å². The predicted octanol–water partition coefficient (Wildman–Crippen LogP) is 5.05. The Hall–Kier alpha value is -3.50. The number of nitrogens with zero attached hydrogens (tertiary/aromatic N) is 5.